The summed E-state index contributed by atoms with van der Waals surface area (Å²) in [6.45, 7) is 1.87. The van der Waals surface area contributed by atoms with Crippen molar-refractivity contribution in [1.29, 1.82) is 0 Å². The van der Waals surface area contributed by atoms with E-state index in [0.717, 1.165) is 17.2 Å². The van der Waals surface area contributed by atoms with E-state index in [-0.39, 0.29) is 11.4 Å². The molecule has 0 unspecified atom stereocenters. The fraction of sp³-hybridized carbons (Fsp3) is 0.235. The second kappa shape index (κ2) is 7.22. The summed E-state index contributed by atoms with van der Waals surface area (Å²) in [5.41, 5.74) is 1.56. The van der Waals surface area contributed by atoms with Gasteiger partial charge in [-0.2, -0.15) is 5.10 Å². The monoisotopic (exact) mass is 372 g/mol. The van der Waals surface area contributed by atoms with Crippen molar-refractivity contribution in [3.8, 4) is 5.69 Å². The number of aromatic nitrogens is 4. The zero-order chi connectivity index (χ0) is 18.7. The minimum Gasteiger partial charge on any atom is -0.363 e. The molecule has 3 rings (SSSR count). The molecule has 1 aromatic carbocycles. The Morgan fingerprint density at radius 3 is 2.50 bits per heavy atom. The molecule has 26 heavy (non-hydrogen) atoms. The van der Waals surface area contributed by atoms with Gasteiger partial charge in [0.1, 0.15) is 11.6 Å². The normalized spacial score (nSPS) is 11.5. The van der Waals surface area contributed by atoms with Crippen molar-refractivity contribution in [3.63, 3.8) is 0 Å². The molecule has 9 heteroatoms. The summed E-state index contributed by atoms with van der Waals surface area (Å²) >= 11 is 0. The van der Waals surface area contributed by atoms with E-state index in [2.05, 4.69) is 19.8 Å². The average Bonchev–Trinajstić information content (AvgIpc) is 3.14. The zero-order valence-corrected chi connectivity index (χ0v) is 15.6. The van der Waals surface area contributed by atoms with E-state index in [9.17, 15) is 8.42 Å². The van der Waals surface area contributed by atoms with Crippen molar-refractivity contribution in [2.75, 3.05) is 19.0 Å². The molecule has 3 aromatic rings. The SMILES string of the molecule is Cc1cc(N(C)C)nc(CNS(=O)(=O)c2ccc(-n3cccn3)cc2)n1. The molecule has 0 aliphatic heterocycles. The summed E-state index contributed by atoms with van der Waals surface area (Å²) in [5.74, 6) is 1.15. The highest BCUT2D eigenvalue weighted by molar-refractivity contribution is 7.89. The molecule has 0 aliphatic carbocycles. The average molecular weight is 372 g/mol. The number of nitrogens with one attached hydrogen (secondary N) is 1. The van der Waals surface area contributed by atoms with Gasteiger partial charge in [0.2, 0.25) is 10.0 Å². The van der Waals surface area contributed by atoms with Crippen LogP contribution in [0.4, 0.5) is 5.82 Å². The fourth-order valence-electron chi connectivity index (χ4n) is 2.36. The highest BCUT2D eigenvalue weighted by Gasteiger charge is 2.15. The first-order valence-electron chi connectivity index (χ1n) is 7.97. The smallest absolute Gasteiger partial charge is 0.240 e. The molecule has 0 aliphatic rings. The van der Waals surface area contributed by atoms with Gasteiger partial charge < -0.3 is 4.90 Å². The molecule has 0 spiro atoms. The van der Waals surface area contributed by atoms with Crippen LogP contribution in [0.3, 0.4) is 0 Å². The minimum atomic E-state index is -3.66. The molecule has 0 bridgehead atoms. The van der Waals surface area contributed by atoms with Crippen molar-refractivity contribution in [1.82, 2.24) is 24.5 Å². The molecule has 0 fully saturated rings. The number of hydrogen-bond acceptors (Lipinski definition) is 6. The molecule has 0 saturated heterocycles. The Morgan fingerprint density at radius 1 is 1.15 bits per heavy atom. The second-order valence-electron chi connectivity index (χ2n) is 5.95. The highest BCUT2D eigenvalue weighted by atomic mass is 32.2. The summed E-state index contributed by atoms with van der Waals surface area (Å²) in [7, 11) is 0.0806. The van der Waals surface area contributed by atoms with Crippen molar-refractivity contribution < 1.29 is 8.42 Å². The van der Waals surface area contributed by atoms with Crippen LogP contribution in [-0.4, -0.2) is 42.3 Å². The van der Waals surface area contributed by atoms with Crippen LogP contribution >= 0.6 is 0 Å². The van der Waals surface area contributed by atoms with Crippen molar-refractivity contribution in [2.45, 2.75) is 18.4 Å². The summed E-state index contributed by atoms with van der Waals surface area (Å²) in [5, 5.41) is 4.12. The van der Waals surface area contributed by atoms with Gasteiger partial charge in [-0.25, -0.2) is 27.8 Å². The first-order valence-corrected chi connectivity index (χ1v) is 9.45. The summed E-state index contributed by atoms with van der Waals surface area (Å²) in [6, 6.07) is 10.1. The van der Waals surface area contributed by atoms with Crippen LogP contribution in [0.15, 0.2) is 53.7 Å². The van der Waals surface area contributed by atoms with Gasteiger partial charge in [0.25, 0.3) is 0 Å². The van der Waals surface area contributed by atoms with Crippen molar-refractivity contribution in [3.05, 3.63) is 60.3 Å². The molecular weight excluding hydrogens is 352 g/mol. The Bertz CT molecular complexity index is 983. The Balaban J connectivity index is 1.75. The quantitative estimate of drug-likeness (QED) is 0.705. The van der Waals surface area contributed by atoms with Crippen LogP contribution in [0.2, 0.25) is 0 Å². The van der Waals surface area contributed by atoms with E-state index in [1.165, 1.54) is 0 Å². The van der Waals surface area contributed by atoms with E-state index < -0.39 is 10.0 Å². The maximum Gasteiger partial charge on any atom is 0.240 e. The molecular formula is C17H20N6O2S. The van der Waals surface area contributed by atoms with E-state index in [0.29, 0.717) is 5.82 Å². The van der Waals surface area contributed by atoms with Crippen LogP contribution in [0.25, 0.3) is 5.69 Å². The maximum atomic E-state index is 12.5. The Labute approximate surface area is 152 Å². The number of sulfonamides is 1. The summed E-state index contributed by atoms with van der Waals surface area (Å²) in [6.07, 6.45) is 3.45. The molecule has 0 amide bonds. The Kier molecular flexibility index (Phi) is 5.01. The number of nitrogens with zero attached hydrogens (tertiary/aromatic N) is 5. The first kappa shape index (κ1) is 18.0. The van der Waals surface area contributed by atoms with Crippen molar-refractivity contribution in [2.24, 2.45) is 0 Å². The highest BCUT2D eigenvalue weighted by Crippen LogP contribution is 2.14. The van der Waals surface area contributed by atoms with Gasteiger partial charge in [0.15, 0.2) is 0 Å². The lowest BCUT2D eigenvalue weighted by atomic mass is 10.3. The predicted octanol–water partition coefficient (Wildman–Crippen LogP) is 1.52. The molecule has 2 heterocycles. The molecule has 0 atom stereocenters. The van der Waals surface area contributed by atoms with E-state index in [4.69, 9.17) is 0 Å². The van der Waals surface area contributed by atoms with Crippen LogP contribution in [-0.2, 0) is 16.6 Å². The first-order chi connectivity index (χ1) is 12.3. The molecule has 8 nitrogen and oxygen atoms in total. The number of aryl methyl sites for hydroxylation is 1. The van der Waals surface area contributed by atoms with Gasteiger partial charge in [0.05, 0.1) is 17.1 Å². The van der Waals surface area contributed by atoms with Crippen LogP contribution in [0.1, 0.15) is 11.5 Å². The van der Waals surface area contributed by atoms with E-state index >= 15 is 0 Å². The fourth-order valence-corrected chi connectivity index (χ4v) is 3.34. The van der Waals surface area contributed by atoms with E-state index in [1.807, 2.05) is 32.0 Å². The Morgan fingerprint density at radius 2 is 1.88 bits per heavy atom. The third-order valence-electron chi connectivity index (χ3n) is 3.68. The molecule has 0 saturated carbocycles. The maximum absolute atomic E-state index is 12.5. The molecule has 136 valence electrons. The third-order valence-corrected chi connectivity index (χ3v) is 5.10. The summed E-state index contributed by atoms with van der Waals surface area (Å²) in [4.78, 5) is 10.7. The number of anilines is 1. The number of rotatable bonds is 6. The largest absolute Gasteiger partial charge is 0.363 e. The van der Waals surface area contributed by atoms with Crippen molar-refractivity contribution >= 4 is 15.8 Å². The lowest BCUT2D eigenvalue weighted by Gasteiger charge is -2.13. The molecule has 2 aromatic heterocycles. The Hall–Kier alpha value is -2.78. The second-order valence-corrected chi connectivity index (χ2v) is 7.71. The topological polar surface area (TPSA) is 93.0 Å². The van der Waals surface area contributed by atoms with Gasteiger partial charge in [-0.05, 0) is 37.3 Å². The van der Waals surface area contributed by atoms with Gasteiger partial charge >= 0.3 is 0 Å². The standard InChI is InChI=1S/C17H20N6O2S/c1-13-11-17(22(2)3)21-16(20-13)12-19-26(24,25)15-7-5-14(6-8-15)23-10-4-9-18-23/h4-11,19H,12H2,1-3H3. The van der Waals surface area contributed by atoms with Crippen LogP contribution in [0, 0.1) is 6.92 Å². The summed E-state index contributed by atoms with van der Waals surface area (Å²) < 4.78 is 29.2. The molecule has 1 N–H and O–H groups in total. The van der Waals surface area contributed by atoms with Crippen LogP contribution < -0.4 is 9.62 Å². The van der Waals surface area contributed by atoms with Gasteiger partial charge in [-0.15, -0.1) is 0 Å². The van der Waals surface area contributed by atoms with Crippen LogP contribution in [0.5, 0.6) is 0 Å². The number of benzene rings is 1. The van der Waals surface area contributed by atoms with Gasteiger partial charge in [-0.1, -0.05) is 0 Å². The van der Waals surface area contributed by atoms with E-state index in [1.54, 1.807) is 47.4 Å². The number of hydrogen-bond donors (Lipinski definition) is 1. The predicted molar refractivity (Wildman–Crippen MR) is 98.7 cm³/mol. The van der Waals surface area contributed by atoms with Gasteiger partial charge in [0, 0.05) is 38.2 Å². The zero-order valence-electron chi connectivity index (χ0n) is 14.8. The lowest BCUT2D eigenvalue weighted by molar-refractivity contribution is 0.579. The lowest BCUT2D eigenvalue weighted by Crippen LogP contribution is -2.25. The van der Waals surface area contributed by atoms with Gasteiger partial charge in [-0.3, -0.25) is 0 Å². The minimum absolute atomic E-state index is 0.0196. The third kappa shape index (κ3) is 4.06. The molecule has 0 radical (unpaired) electrons.